The molecule has 2 N–H and O–H groups in total. The van der Waals surface area contributed by atoms with E-state index in [9.17, 15) is 9.59 Å². The van der Waals surface area contributed by atoms with Crippen molar-refractivity contribution in [3.8, 4) is 0 Å². The molecule has 0 unspecified atom stereocenters. The van der Waals surface area contributed by atoms with Crippen molar-refractivity contribution in [2.45, 2.75) is 19.8 Å². The number of aliphatic hydroxyl groups is 1. The van der Waals surface area contributed by atoms with Crippen molar-refractivity contribution in [3.63, 3.8) is 0 Å². The van der Waals surface area contributed by atoms with Crippen LogP contribution in [0.5, 0.6) is 0 Å². The maximum absolute atomic E-state index is 12.3. The predicted octanol–water partition coefficient (Wildman–Crippen LogP) is 1.29. The molecule has 1 aromatic rings. The van der Waals surface area contributed by atoms with Crippen molar-refractivity contribution in [1.29, 1.82) is 0 Å². The Balaban J connectivity index is 2.17. The van der Waals surface area contributed by atoms with Crippen LogP contribution < -0.4 is 5.43 Å². The van der Waals surface area contributed by atoms with Crippen LogP contribution in [0.1, 0.15) is 28.9 Å². The summed E-state index contributed by atoms with van der Waals surface area (Å²) in [7, 11) is 0. The molecule has 5 nitrogen and oxygen atoms in total. The number of hydrogen-bond acceptors (Lipinski definition) is 3. The lowest BCUT2D eigenvalue weighted by molar-refractivity contribution is 0.0649. The second-order valence-corrected chi connectivity index (χ2v) is 5.68. The molecule has 1 aliphatic rings. The Kier molecular flexibility index (Phi) is 4.42. The first-order chi connectivity index (χ1) is 9.04. The molecule has 0 aliphatic carbocycles. The molecular weight excluding hydrogens is 312 g/mol. The van der Waals surface area contributed by atoms with Gasteiger partial charge in [-0.15, -0.1) is 0 Å². The van der Waals surface area contributed by atoms with Gasteiger partial charge in [0.25, 0.3) is 5.91 Å². The molecule has 1 aliphatic heterocycles. The van der Waals surface area contributed by atoms with Crippen molar-refractivity contribution < 1.29 is 9.90 Å². The number of pyridine rings is 1. The quantitative estimate of drug-likeness (QED) is 0.859. The van der Waals surface area contributed by atoms with Gasteiger partial charge >= 0.3 is 0 Å². The van der Waals surface area contributed by atoms with Gasteiger partial charge in [0.15, 0.2) is 0 Å². The topological polar surface area (TPSA) is 73.4 Å². The average molecular weight is 329 g/mol. The number of likely N-dealkylation sites (tertiary alicyclic amines) is 1. The molecule has 2 heterocycles. The van der Waals surface area contributed by atoms with E-state index in [2.05, 4.69) is 20.9 Å². The van der Waals surface area contributed by atoms with Crippen molar-refractivity contribution >= 4 is 21.8 Å². The van der Waals surface area contributed by atoms with Crippen molar-refractivity contribution in [2.75, 3.05) is 19.7 Å². The zero-order valence-corrected chi connectivity index (χ0v) is 12.4. The molecule has 0 saturated carbocycles. The average Bonchev–Trinajstić information content (AvgIpc) is 2.44. The maximum atomic E-state index is 12.3. The Morgan fingerprint density at radius 2 is 2.16 bits per heavy atom. The van der Waals surface area contributed by atoms with E-state index >= 15 is 0 Å². The molecule has 104 valence electrons. The molecule has 1 fully saturated rings. The summed E-state index contributed by atoms with van der Waals surface area (Å²) >= 11 is 3.20. The van der Waals surface area contributed by atoms with Gasteiger partial charge in [-0.25, -0.2) is 0 Å². The first-order valence-electron chi connectivity index (χ1n) is 6.32. The van der Waals surface area contributed by atoms with Crippen LogP contribution in [0.15, 0.2) is 15.5 Å². The van der Waals surface area contributed by atoms with Crippen LogP contribution >= 0.6 is 15.9 Å². The number of carbonyl (C=O) groups is 1. The summed E-state index contributed by atoms with van der Waals surface area (Å²) < 4.78 is 0.406. The zero-order chi connectivity index (χ0) is 14.0. The van der Waals surface area contributed by atoms with Gasteiger partial charge in [-0.2, -0.15) is 0 Å². The van der Waals surface area contributed by atoms with E-state index in [1.54, 1.807) is 11.8 Å². The highest BCUT2D eigenvalue weighted by Gasteiger charge is 2.25. The molecule has 0 aromatic carbocycles. The number of carbonyl (C=O) groups excluding carboxylic acids is 1. The van der Waals surface area contributed by atoms with Crippen LogP contribution in [-0.4, -0.2) is 40.6 Å². The molecule has 0 spiro atoms. The third kappa shape index (κ3) is 2.90. The minimum absolute atomic E-state index is 0.165. The highest BCUT2D eigenvalue weighted by molar-refractivity contribution is 9.10. The Bertz CT molecular complexity index is 533. The number of nitrogens with one attached hydrogen (secondary N) is 1. The number of hydrogen-bond donors (Lipinski definition) is 2. The van der Waals surface area contributed by atoms with Gasteiger partial charge < -0.3 is 15.0 Å². The summed E-state index contributed by atoms with van der Waals surface area (Å²) in [5.41, 5.74) is 0.603. The van der Waals surface area contributed by atoms with Gasteiger partial charge in [0.05, 0.1) is 4.47 Å². The molecule has 2 rings (SSSR count). The Labute approximate surface area is 119 Å². The molecule has 0 atom stereocenters. The number of aromatic nitrogens is 1. The predicted molar refractivity (Wildman–Crippen MR) is 75.2 cm³/mol. The number of nitrogens with zero attached hydrogens (tertiary/aromatic N) is 1. The second kappa shape index (κ2) is 5.88. The smallest absolute Gasteiger partial charge is 0.259 e. The van der Waals surface area contributed by atoms with E-state index in [1.165, 1.54) is 6.20 Å². The van der Waals surface area contributed by atoms with Gasteiger partial charge in [0.2, 0.25) is 5.43 Å². The van der Waals surface area contributed by atoms with Crippen LogP contribution in [-0.2, 0) is 0 Å². The van der Waals surface area contributed by atoms with Gasteiger partial charge in [-0.1, -0.05) is 0 Å². The molecule has 0 radical (unpaired) electrons. The van der Waals surface area contributed by atoms with Gasteiger partial charge in [-0.3, -0.25) is 9.59 Å². The number of rotatable bonds is 2. The van der Waals surface area contributed by atoms with E-state index in [0.29, 0.717) is 23.3 Å². The SMILES string of the molecule is Cc1[nH]cc(C(=O)N2CCC(CO)CC2)c(=O)c1Br. The van der Waals surface area contributed by atoms with Crippen LogP contribution in [0, 0.1) is 12.8 Å². The second-order valence-electron chi connectivity index (χ2n) is 4.89. The van der Waals surface area contributed by atoms with Gasteiger partial charge in [0.1, 0.15) is 5.56 Å². The summed E-state index contributed by atoms with van der Waals surface area (Å²) in [6, 6.07) is 0. The van der Waals surface area contributed by atoms with E-state index in [4.69, 9.17) is 5.11 Å². The lowest BCUT2D eigenvalue weighted by atomic mass is 9.97. The number of halogens is 1. The standard InChI is InChI=1S/C13H17BrN2O3/c1-8-11(14)12(18)10(6-15-8)13(19)16-4-2-9(7-17)3-5-16/h6,9,17H,2-5,7H2,1H3,(H,15,18). The van der Waals surface area contributed by atoms with Crippen molar-refractivity contribution in [3.05, 3.63) is 32.2 Å². The zero-order valence-electron chi connectivity index (χ0n) is 10.8. The van der Waals surface area contributed by atoms with Crippen LogP contribution in [0.25, 0.3) is 0 Å². The number of H-pyrrole nitrogens is 1. The lowest BCUT2D eigenvalue weighted by Gasteiger charge is -2.31. The van der Waals surface area contributed by atoms with Gasteiger partial charge in [0, 0.05) is 31.6 Å². The van der Waals surface area contributed by atoms with Crippen LogP contribution in [0.4, 0.5) is 0 Å². The normalized spacial score (nSPS) is 16.7. The maximum Gasteiger partial charge on any atom is 0.259 e. The summed E-state index contributed by atoms with van der Waals surface area (Å²) in [5.74, 6) is 0.0328. The molecular formula is C13H17BrN2O3. The fourth-order valence-corrected chi connectivity index (χ4v) is 2.57. The number of amides is 1. The lowest BCUT2D eigenvalue weighted by Crippen LogP contribution is -2.41. The minimum atomic E-state index is -0.273. The molecule has 1 amide bonds. The monoisotopic (exact) mass is 328 g/mol. The number of aliphatic hydroxyl groups excluding tert-OH is 1. The first kappa shape index (κ1) is 14.3. The number of aromatic amines is 1. The molecule has 1 saturated heterocycles. The minimum Gasteiger partial charge on any atom is -0.396 e. The molecule has 0 bridgehead atoms. The third-order valence-corrected chi connectivity index (χ3v) is 4.55. The van der Waals surface area contributed by atoms with Crippen molar-refractivity contribution in [1.82, 2.24) is 9.88 Å². The summed E-state index contributed by atoms with van der Waals surface area (Å²) in [5, 5.41) is 9.08. The number of piperidine rings is 1. The highest BCUT2D eigenvalue weighted by Crippen LogP contribution is 2.18. The van der Waals surface area contributed by atoms with E-state index in [-0.39, 0.29) is 29.4 Å². The van der Waals surface area contributed by atoms with E-state index in [1.807, 2.05) is 0 Å². The van der Waals surface area contributed by atoms with Gasteiger partial charge in [-0.05, 0) is 41.6 Å². The molecule has 19 heavy (non-hydrogen) atoms. The fourth-order valence-electron chi connectivity index (χ4n) is 2.25. The van der Waals surface area contributed by atoms with Crippen LogP contribution in [0.3, 0.4) is 0 Å². The van der Waals surface area contributed by atoms with E-state index < -0.39 is 0 Å². The molecule has 6 heteroatoms. The fraction of sp³-hybridized carbons (Fsp3) is 0.538. The van der Waals surface area contributed by atoms with Crippen molar-refractivity contribution in [2.24, 2.45) is 5.92 Å². The number of aryl methyl sites for hydroxylation is 1. The highest BCUT2D eigenvalue weighted by atomic mass is 79.9. The third-order valence-electron chi connectivity index (χ3n) is 3.60. The first-order valence-corrected chi connectivity index (χ1v) is 7.11. The summed E-state index contributed by atoms with van der Waals surface area (Å²) in [4.78, 5) is 28.9. The largest absolute Gasteiger partial charge is 0.396 e. The Hall–Kier alpha value is -1.14. The Morgan fingerprint density at radius 1 is 1.53 bits per heavy atom. The van der Waals surface area contributed by atoms with Crippen LogP contribution in [0.2, 0.25) is 0 Å². The Morgan fingerprint density at radius 3 is 2.74 bits per heavy atom. The summed E-state index contributed by atoms with van der Waals surface area (Å²) in [6.45, 7) is 3.12. The summed E-state index contributed by atoms with van der Waals surface area (Å²) in [6.07, 6.45) is 3.04. The molecule has 1 aromatic heterocycles. The van der Waals surface area contributed by atoms with E-state index in [0.717, 1.165) is 12.8 Å².